The Hall–Kier alpha value is -4.00. The maximum atomic E-state index is 14.0. The first-order valence-corrected chi connectivity index (χ1v) is 9.15. The second kappa shape index (κ2) is 8.16. The maximum absolute atomic E-state index is 14.0. The van der Waals surface area contributed by atoms with E-state index in [0.29, 0.717) is 33.8 Å². The Kier molecular flexibility index (Phi) is 5.26. The smallest absolute Gasteiger partial charge is 0.282 e. The molecule has 0 N–H and O–H groups in total. The fourth-order valence-corrected chi connectivity index (χ4v) is 3.09. The summed E-state index contributed by atoms with van der Waals surface area (Å²) in [6, 6.07) is 18.4. The average molecular weight is 403 g/mol. The number of rotatable bonds is 5. The van der Waals surface area contributed by atoms with Gasteiger partial charge in [0.2, 0.25) is 0 Å². The lowest BCUT2D eigenvalue weighted by Gasteiger charge is -2.12. The number of para-hydroxylation sites is 1. The Balaban J connectivity index is 1.95. The van der Waals surface area contributed by atoms with Crippen molar-refractivity contribution >= 4 is 17.1 Å². The van der Waals surface area contributed by atoms with Gasteiger partial charge in [-0.1, -0.05) is 30.3 Å². The molecule has 0 aliphatic rings. The van der Waals surface area contributed by atoms with Crippen molar-refractivity contribution in [1.29, 1.82) is 0 Å². The van der Waals surface area contributed by atoms with E-state index >= 15 is 0 Å². The molecular formula is C23H18FN3O3. The Bertz CT molecular complexity index is 1310. The molecule has 0 spiro atoms. The minimum atomic E-state index is -0.435. The first kappa shape index (κ1) is 19.3. The predicted molar refractivity (Wildman–Crippen MR) is 114 cm³/mol. The standard InChI is InChI=1S/C23H18FN3O3/c1-29-20-12-11-15(13-21(20)30-2)22-26-19-10-6-4-8-17(19)23(28)27(22)25-14-16-7-3-5-9-18(16)24/h3-14H,1-2H3. The average Bonchev–Trinajstić information content (AvgIpc) is 2.79. The highest BCUT2D eigenvalue weighted by atomic mass is 19.1. The highest BCUT2D eigenvalue weighted by Gasteiger charge is 2.15. The lowest BCUT2D eigenvalue weighted by atomic mass is 10.1. The van der Waals surface area contributed by atoms with Gasteiger partial charge in [0.05, 0.1) is 31.3 Å². The highest BCUT2D eigenvalue weighted by Crippen LogP contribution is 2.31. The van der Waals surface area contributed by atoms with Crippen molar-refractivity contribution in [3.05, 3.63) is 88.5 Å². The molecule has 0 aliphatic heterocycles. The fraction of sp³-hybridized carbons (Fsp3) is 0.0870. The maximum Gasteiger partial charge on any atom is 0.282 e. The molecule has 0 saturated carbocycles. The SMILES string of the molecule is COc1ccc(-c2nc3ccccc3c(=O)n2N=Cc2ccccc2F)cc1OC. The summed E-state index contributed by atoms with van der Waals surface area (Å²) in [6.45, 7) is 0. The molecule has 0 unspecified atom stereocenters. The van der Waals surface area contributed by atoms with E-state index in [4.69, 9.17) is 9.47 Å². The summed E-state index contributed by atoms with van der Waals surface area (Å²) in [5.74, 6) is 0.899. The van der Waals surface area contributed by atoms with Gasteiger partial charge in [0.15, 0.2) is 17.3 Å². The number of ether oxygens (including phenoxy) is 2. The summed E-state index contributed by atoms with van der Waals surface area (Å²) in [5, 5.41) is 4.68. The molecule has 0 bridgehead atoms. The third-order valence-electron chi connectivity index (χ3n) is 4.61. The van der Waals surface area contributed by atoms with E-state index in [1.807, 2.05) is 0 Å². The summed E-state index contributed by atoms with van der Waals surface area (Å²) in [7, 11) is 3.07. The Labute approximate surface area is 171 Å². The molecule has 1 heterocycles. The molecule has 4 rings (SSSR count). The van der Waals surface area contributed by atoms with Crippen LogP contribution in [0.4, 0.5) is 4.39 Å². The number of aromatic nitrogens is 2. The molecule has 0 amide bonds. The van der Waals surface area contributed by atoms with E-state index in [0.717, 1.165) is 4.68 Å². The van der Waals surface area contributed by atoms with Gasteiger partial charge in [-0.3, -0.25) is 4.79 Å². The lowest BCUT2D eigenvalue weighted by molar-refractivity contribution is 0.355. The largest absolute Gasteiger partial charge is 0.493 e. The number of hydrogen-bond acceptors (Lipinski definition) is 5. The van der Waals surface area contributed by atoms with Crippen LogP contribution in [0.1, 0.15) is 5.56 Å². The van der Waals surface area contributed by atoms with E-state index in [2.05, 4.69) is 10.1 Å². The molecule has 0 saturated heterocycles. The molecule has 0 fully saturated rings. The third-order valence-corrected chi connectivity index (χ3v) is 4.61. The van der Waals surface area contributed by atoms with Gasteiger partial charge in [0.1, 0.15) is 5.82 Å². The van der Waals surface area contributed by atoms with Gasteiger partial charge >= 0.3 is 0 Å². The van der Waals surface area contributed by atoms with Gasteiger partial charge in [0, 0.05) is 11.1 Å². The summed E-state index contributed by atoms with van der Waals surface area (Å²) >= 11 is 0. The first-order valence-electron chi connectivity index (χ1n) is 9.15. The van der Waals surface area contributed by atoms with Crippen LogP contribution in [0.5, 0.6) is 11.5 Å². The quantitative estimate of drug-likeness (QED) is 0.471. The molecule has 0 aliphatic carbocycles. The van der Waals surface area contributed by atoms with Crippen LogP contribution in [0.25, 0.3) is 22.3 Å². The molecule has 6 nitrogen and oxygen atoms in total. The van der Waals surface area contributed by atoms with Crippen LogP contribution in [0.15, 0.2) is 76.6 Å². The molecule has 150 valence electrons. The first-order chi connectivity index (χ1) is 14.6. The number of methoxy groups -OCH3 is 2. The van der Waals surface area contributed by atoms with E-state index in [-0.39, 0.29) is 11.1 Å². The topological polar surface area (TPSA) is 65.7 Å². The summed E-state index contributed by atoms with van der Waals surface area (Å²) in [4.78, 5) is 17.8. The van der Waals surface area contributed by atoms with Crippen molar-refractivity contribution in [2.24, 2.45) is 5.10 Å². The van der Waals surface area contributed by atoms with Crippen molar-refractivity contribution in [2.45, 2.75) is 0 Å². The van der Waals surface area contributed by atoms with Gasteiger partial charge in [-0.25, -0.2) is 9.37 Å². The van der Waals surface area contributed by atoms with Crippen LogP contribution in [0.2, 0.25) is 0 Å². The predicted octanol–water partition coefficient (Wildman–Crippen LogP) is 4.10. The van der Waals surface area contributed by atoms with Gasteiger partial charge in [-0.05, 0) is 36.4 Å². The molecule has 30 heavy (non-hydrogen) atoms. The number of halogens is 1. The van der Waals surface area contributed by atoms with Crippen LogP contribution in [-0.2, 0) is 0 Å². The van der Waals surface area contributed by atoms with Crippen molar-refractivity contribution < 1.29 is 13.9 Å². The van der Waals surface area contributed by atoms with Crippen molar-refractivity contribution in [1.82, 2.24) is 9.66 Å². The summed E-state index contributed by atoms with van der Waals surface area (Å²) in [5.41, 5.74) is 1.03. The molecule has 1 aromatic heterocycles. The second-order valence-corrected chi connectivity index (χ2v) is 6.41. The molecular weight excluding hydrogens is 385 g/mol. The lowest BCUT2D eigenvalue weighted by Crippen LogP contribution is -2.20. The van der Waals surface area contributed by atoms with Crippen LogP contribution < -0.4 is 15.0 Å². The van der Waals surface area contributed by atoms with Gasteiger partial charge in [-0.2, -0.15) is 9.78 Å². The summed E-state index contributed by atoms with van der Waals surface area (Å²) < 4.78 is 25.8. The second-order valence-electron chi connectivity index (χ2n) is 6.41. The zero-order valence-corrected chi connectivity index (χ0v) is 16.4. The van der Waals surface area contributed by atoms with Gasteiger partial charge in [-0.15, -0.1) is 0 Å². The highest BCUT2D eigenvalue weighted by molar-refractivity contribution is 5.82. The molecule has 0 atom stereocenters. The zero-order valence-electron chi connectivity index (χ0n) is 16.4. The van der Waals surface area contributed by atoms with E-state index in [1.54, 1.807) is 67.8 Å². The Morgan fingerprint density at radius 3 is 2.47 bits per heavy atom. The van der Waals surface area contributed by atoms with Crippen molar-refractivity contribution in [2.75, 3.05) is 14.2 Å². The van der Waals surface area contributed by atoms with Crippen molar-refractivity contribution in [3.8, 4) is 22.9 Å². The van der Waals surface area contributed by atoms with Crippen molar-refractivity contribution in [3.63, 3.8) is 0 Å². The zero-order chi connectivity index (χ0) is 21.1. The third kappa shape index (κ3) is 3.53. The Morgan fingerprint density at radius 2 is 1.70 bits per heavy atom. The molecule has 0 radical (unpaired) electrons. The Morgan fingerprint density at radius 1 is 0.967 bits per heavy atom. The summed E-state index contributed by atoms with van der Waals surface area (Å²) in [6.07, 6.45) is 1.30. The minimum absolute atomic E-state index is 0.260. The molecule has 3 aromatic carbocycles. The normalized spacial score (nSPS) is 11.2. The van der Waals surface area contributed by atoms with Crippen LogP contribution >= 0.6 is 0 Å². The number of nitrogens with zero attached hydrogens (tertiary/aromatic N) is 3. The number of fused-ring (bicyclic) bond motifs is 1. The van der Waals surface area contributed by atoms with Crippen LogP contribution in [-0.4, -0.2) is 30.1 Å². The van der Waals surface area contributed by atoms with E-state index in [1.165, 1.54) is 19.4 Å². The van der Waals surface area contributed by atoms with Crippen LogP contribution in [0, 0.1) is 5.82 Å². The number of benzene rings is 3. The molecule has 4 aromatic rings. The number of hydrogen-bond donors (Lipinski definition) is 0. The van der Waals surface area contributed by atoms with Gasteiger partial charge in [0.25, 0.3) is 5.56 Å². The fourth-order valence-electron chi connectivity index (χ4n) is 3.09. The van der Waals surface area contributed by atoms with Crippen LogP contribution in [0.3, 0.4) is 0 Å². The molecule has 7 heteroatoms. The van der Waals surface area contributed by atoms with E-state index < -0.39 is 5.82 Å². The van der Waals surface area contributed by atoms with Gasteiger partial charge < -0.3 is 9.47 Å². The minimum Gasteiger partial charge on any atom is -0.493 e. The monoisotopic (exact) mass is 403 g/mol. The van der Waals surface area contributed by atoms with E-state index in [9.17, 15) is 9.18 Å².